The predicted octanol–water partition coefficient (Wildman–Crippen LogP) is 1.10. The first-order valence-electron chi connectivity index (χ1n) is 5.29. The van der Waals surface area contributed by atoms with Crippen LogP contribution in [0.1, 0.15) is 25.5 Å². The first-order chi connectivity index (χ1) is 7.61. The molecular formula is C11H16N2O3. The highest BCUT2D eigenvalue weighted by molar-refractivity contribution is 5.82. The lowest BCUT2D eigenvalue weighted by Crippen LogP contribution is -2.13. The molecule has 1 rings (SSSR count). The fraction of sp³-hybridized carbons (Fsp3) is 0.545. The molecule has 0 saturated carbocycles. The molecule has 1 heterocycles. The van der Waals surface area contributed by atoms with Crippen LogP contribution in [0.25, 0.3) is 0 Å². The van der Waals surface area contributed by atoms with Crippen LogP contribution in [0, 0.1) is 6.92 Å². The van der Waals surface area contributed by atoms with Crippen molar-refractivity contribution in [3.8, 4) is 0 Å². The van der Waals surface area contributed by atoms with E-state index in [1.165, 1.54) is 0 Å². The molecule has 1 aromatic rings. The van der Waals surface area contributed by atoms with Gasteiger partial charge in [-0.3, -0.25) is 14.3 Å². The summed E-state index contributed by atoms with van der Waals surface area (Å²) >= 11 is 0. The average molecular weight is 224 g/mol. The monoisotopic (exact) mass is 224 g/mol. The Bertz CT molecular complexity index is 371. The van der Waals surface area contributed by atoms with Crippen molar-refractivity contribution >= 4 is 11.8 Å². The van der Waals surface area contributed by atoms with E-state index >= 15 is 0 Å². The second kappa shape index (κ2) is 6.05. The maximum Gasteiger partial charge on any atom is 0.306 e. The van der Waals surface area contributed by atoms with Gasteiger partial charge in [0.25, 0.3) is 0 Å². The quantitative estimate of drug-likeness (QED) is 0.679. The van der Waals surface area contributed by atoms with Gasteiger partial charge in [0.05, 0.1) is 25.3 Å². The number of hydrogen-bond donors (Lipinski definition) is 0. The number of carbonyl (C=O) groups is 2. The smallest absolute Gasteiger partial charge is 0.306 e. The summed E-state index contributed by atoms with van der Waals surface area (Å²) in [5.41, 5.74) is 0.873. The normalized spacial score (nSPS) is 10.1. The minimum Gasteiger partial charge on any atom is -0.466 e. The van der Waals surface area contributed by atoms with Crippen molar-refractivity contribution in [2.45, 2.75) is 33.2 Å². The Hall–Kier alpha value is -1.65. The average Bonchev–Trinajstić information content (AvgIpc) is 2.61. The third-order valence-corrected chi connectivity index (χ3v) is 2.03. The van der Waals surface area contributed by atoms with Gasteiger partial charge in [0.1, 0.15) is 0 Å². The van der Waals surface area contributed by atoms with Crippen LogP contribution in [0.4, 0.5) is 0 Å². The summed E-state index contributed by atoms with van der Waals surface area (Å²) in [7, 11) is 0. The van der Waals surface area contributed by atoms with Gasteiger partial charge in [-0.15, -0.1) is 0 Å². The second-order valence-corrected chi connectivity index (χ2v) is 3.50. The first kappa shape index (κ1) is 12.4. The van der Waals surface area contributed by atoms with Crippen molar-refractivity contribution in [1.82, 2.24) is 9.78 Å². The Balaban J connectivity index is 2.28. The van der Waals surface area contributed by atoms with E-state index in [2.05, 4.69) is 5.10 Å². The van der Waals surface area contributed by atoms with E-state index in [-0.39, 0.29) is 31.1 Å². The van der Waals surface area contributed by atoms with Crippen LogP contribution in [0.15, 0.2) is 12.3 Å². The van der Waals surface area contributed by atoms with Crippen LogP contribution in [-0.2, 0) is 20.9 Å². The Morgan fingerprint density at radius 3 is 2.75 bits per heavy atom. The number of nitrogens with zero attached hydrogens (tertiary/aromatic N) is 2. The molecular weight excluding hydrogens is 208 g/mol. The molecule has 0 amide bonds. The van der Waals surface area contributed by atoms with Gasteiger partial charge < -0.3 is 4.74 Å². The van der Waals surface area contributed by atoms with Crippen LogP contribution >= 0.6 is 0 Å². The summed E-state index contributed by atoms with van der Waals surface area (Å²) in [6.07, 6.45) is 2.10. The molecule has 0 N–H and O–H groups in total. The summed E-state index contributed by atoms with van der Waals surface area (Å²) in [6, 6.07) is 1.83. The van der Waals surface area contributed by atoms with E-state index in [9.17, 15) is 9.59 Å². The van der Waals surface area contributed by atoms with Crippen molar-refractivity contribution in [2.24, 2.45) is 0 Å². The molecule has 0 fully saturated rings. The molecule has 5 heteroatoms. The number of rotatable bonds is 6. The Kier molecular flexibility index (Phi) is 4.69. The van der Waals surface area contributed by atoms with Crippen LogP contribution in [0.5, 0.6) is 0 Å². The van der Waals surface area contributed by atoms with Crippen molar-refractivity contribution in [1.29, 1.82) is 0 Å². The number of carbonyl (C=O) groups excluding carboxylic acids is 2. The zero-order valence-corrected chi connectivity index (χ0v) is 9.60. The lowest BCUT2D eigenvalue weighted by atomic mass is 10.2. The highest BCUT2D eigenvalue weighted by Gasteiger charge is 2.08. The molecule has 0 atom stereocenters. The van der Waals surface area contributed by atoms with Crippen LogP contribution in [0.3, 0.4) is 0 Å². The number of Topliss-reactive ketones (excluding diaryl/α,β-unsaturated/α-hetero) is 1. The molecule has 0 saturated heterocycles. The zero-order chi connectivity index (χ0) is 12.0. The fourth-order valence-corrected chi connectivity index (χ4v) is 1.29. The molecule has 0 radical (unpaired) electrons. The van der Waals surface area contributed by atoms with Gasteiger partial charge >= 0.3 is 5.97 Å². The third-order valence-electron chi connectivity index (χ3n) is 2.03. The van der Waals surface area contributed by atoms with Gasteiger partial charge in [0, 0.05) is 12.6 Å². The van der Waals surface area contributed by atoms with Gasteiger partial charge in [-0.2, -0.15) is 5.10 Å². The highest BCUT2D eigenvalue weighted by atomic mass is 16.5. The molecule has 0 unspecified atom stereocenters. The van der Waals surface area contributed by atoms with E-state index in [0.29, 0.717) is 6.61 Å². The number of ketones is 1. The van der Waals surface area contributed by atoms with E-state index in [1.54, 1.807) is 17.8 Å². The topological polar surface area (TPSA) is 61.2 Å². The summed E-state index contributed by atoms with van der Waals surface area (Å²) in [5, 5.41) is 4.09. The fourth-order valence-electron chi connectivity index (χ4n) is 1.29. The van der Waals surface area contributed by atoms with Crippen LogP contribution in [-0.4, -0.2) is 28.1 Å². The number of esters is 1. The van der Waals surface area contributed by atoms with Crippen molar-refractivity contribution in [2.75, 3.05) is 6.61 Å². The minimum absolute atomic E-state index is 0.0175. The standard InChI is InChI=1S/C11H16N2O3/c1-3-16-11(15)5-4-10(14)8-13-7-6-9(2)12-13/h6-7H,3-5,8H2,1-2H3. The maximum atomic E-state index is 11.5. The summed E-state index contributed by atoms with van der Waals surface area (Å²) in [6.45, 7) is 4.17. The molecule has 0 spiro atoms. The van der Waals surface area contributed by atoms with E-state index in [0.717, 1.165) is 5.69 Å². The Labute approximate surface area is 94.4 Å². The third kappa shape index (κ3) is 4.25. The number of ether oxygens (including phenoxy) is 1. The Morgan fingerprint density at radius 1 is 1.44 bits per heavy atom. The summed E-state index contributed by atoms with van der Waals surface area (Å²) in [4.78, 5) is 22.5. The molecule has 16 heavy (non-hydrogen) atoms. The molecule has 88 valence electrons. The van der Waals surface area contributed by atoms with Crippen molar-refractivity contribution in [3.05, 3.63) is 18.0 Å². The number of aryl methyl sites for hydroxylation is 1. The number of hydrogen-bond acceptors (Lipinski definition) is 4. The predicted molar refractivity (Wildman–Crippen MR) is 57.8 cm³/mol. The Morgan fingerprint density at radius 2 is 2.19 bits per heavy atom. The summed E-state index contributed by atoms with van der Waals surface area (Å²) < 4.78 is 6.31. The molecule has 5 nitrogen and oxygen atoms in total. The number of aromatic nitrogens is 2. The maximum absolute atomic E-state index is 11.5. The zero-order valence-electron chi connectivity index (χ0n) is 9.60. The van der Waals surface area contributed by atoms with Gasteiger partial charge in [-0.05, 0) is 19.9 Å². The van der Waals surface area contributed by atoms with E-state index < -0.39 is 0 Å². The van der Waals surface area contributed by atoms with Gasteiger partial charge in [-0.25, -0.2) is 0 Å². The summed E-state index contributed by atoms with van der Waals surface area (Å²) in [5.74, 6) is -0.344. The minimum atomic E-state index is -0.326. The highest BCUT2D eigenvalue weighted by Crippen LogP contribution is 1.98. The van der Waals surface area contributed by atoms with Gasteiger partial charge in [0.15, 0.2) is 5.78 Å². The van der Waals surface area contributed by atoms with E-state index in [1.807, 2.05) is 13.0 Å². The molecule has 0 aliphatic carbocycles. The van der Waals surface area contributed by atoms with Crippen LogP contribution < -0.4 is 0 Å². The molecule has 0 bridgehead atoms. The van der Waals surface area contributed by atoms with Crippen molar-refractivity contribution in [3.63, 3.8) is 0 Å². The largest absolute Gasteiger partial charge is 0.466 e. The SMILES string of the molecule is CCOC(=O)CCC(=O)Cn1ccc(C)n1. The molecule has 0 aliphatic heterocycles. The molecule has 0 aromatic carbocycles. The lowest BCUT2D eigenvalue weighted by molar-refractivity contribution is -0.144. The first-order valence-corrected chi connectivity index (χ1v) is 5.29. The van der Waals surface area contributed by atoms with Crippen LogP contribution in [0.2, 0.25) is 0 Å². The lowest BCUT2D eigenvalue weighted by Gasteiger charge is -2.02. The second-order valence-electron chi connectivity index (χ2n) is 3.50. The molecule has 0 aliphatic rings. The van der Waals surface area contributed by atoms with E-state index in [4.69, 9.17) is 4.74 Å². The van der Waals surface area contributed by atoms with Gasteiger partial charge in [-0.1, -0.05) is 0 Å². The van der Waals surface area contributed by atoms with Crippen molar-refractivity contribution < 1.29 is 14.3 Å². The molecule has 1 aromatic heterocycles. The van der Waals surface area contributed by atoms with Gasteiger partial charge in [0.2, 0.25) is 0 Å².